The highest BCUT2D eigenvalue weighted by molar-refractivity contribution is 7.98. The van der Waals surface area contributed by atoms with E-state index in [1.54, 1.807) is 17.8 Å². The zero-order chi connectivity index (χ0) is 22.9. The van der Waals surface area contributed by atoms with Gasteiger partial charge in [-0.2, -0.15) is 0 Å². The maximum atomic E-state index is 15.0. The highest BCUT2D eigenvalue weighted by atomic mass is 32.2. The van der Waals surface area contributed by atoms with Crippen LogP contribution in [0.3, 0.4) is 0 Å². The van der Waals surface area contributed by atoms with E-state index in [4.69, 9.17) is 0 Å². The molecule has 0 saturated carbocycles. The van der Waals surface area contributed by atoms with Crippen LogP contribution in [-0.2, 0) is 0 Å². The van der Waals surface area contributed by atoms with Crippen molar-refractivity contribution in [2.75, 3.05) is 32.4 Å². The molecular weight excluding hydrogens is 431 g/mol. The van der Waals surface area contributed by atoms with Crippen LogP contribution in [0.1, 0.15) is 51.0 Å². The Hall–Kier alpha value is -1.89. The Morgan fingerprint density at radius 3 is 2.30 bits per heavy atom. The first-order valence-electron chi connectivity index (χ1n) is 12.3. The summed E-state index contributed by atoms with van der Waals surface area (Å²) in [5.74, 6) is 0.200. The smallest absolute Gasteiger partial charge is 0.173 e. The number of pyridine rings is 1. The van der Waals surface area contributed by atoms with Crippen molar-refractivity contribution in [2.24, 2.45) is 0 Å². The van der Waals surface area contributed by atoms with Gasteiger partial charge in [-0.25, -0.2) is 9.37 Å². The first kappa shape index (κ1) is 22.9. The first-order valence-corrected chi connectivity index (χ1v) is 13.5. The van der Waals surface area contributed by atoms with E-state index in [1.807, 2.05) is 10.6 Å². The lowest BCUT2D eigenvalue weighted by Crippen LogP contribution is -2.48. The monoisotopic (exact) mass is 466 g/mol. The molecule has 0 radical (unpaired) electrons. The van der Waals surface area contributed by atoms with Crippen LogP contribution in [0.2, 0.25) is 0 Å². The van der Waals surface area contributed by atoms with E-state index in [9.17, 15) is 0 Å². The summed E-state index contributed by atoms with van der Waals surface area (Å²) in [7, 11) is 0. The lowest BCUT2D eigenvalue weighted by atomic mass is 9.88. The summed E-state index contributed by atoms with van der Waals surface area (Å²) in [5, 5.41) is 0. The van der Waals surface area contributed by atoms with Crippen LogP contribution in [0.15, 0.2) is 47.6 Å². The maximum absolute atomic E-state index is 15.0. The standard InChI is InChI=1S/C27H35FN4S/c1-19(2)30-14-10-23(11-15-30)31-12-8-20(9-13-31)22-16-25(28)27-29-26(18-32(27)17-22)21-4-6-24(33-3)7-5-21/h4-7,16-20,23H,8-15H2,1-3H3. The van der Waals surface area contributed by atoms with Crippen molar-refractivity contribution in [2.45, 2.75) is 62.4 Å². The highest BCUT2D eigenvalue weighted by Crippen LogP contribution is 2.32. The van der Waals surface area contributed by atoms with Crippen LogP contribution in [-0.4, -0.2) is 63.7 Å². The number of likely N-dealkylation sites (tertiary alicyclic amines) is 2. The van der Waals surface area contributed by atoms with Crippen molar-refractivity contribution in [3.8, 4) is 11.3 Å². The second-order valence-corrected chi connectivity index (χ2v) is 10.8. The number of benzene rings is 1. The van der Waals surface area contributed by atoms with Gasteiger partial charge < -0.3 is 14.2 Å². The van der Waals surface area contributed by atoms with Crippen LogP contribution in [0.5, 0.6) is 0 Å². The number of fused-ring (bicyclic) bond motifs is 1. The Labute approximate surface area is 201 Å². The van der Waals surface area contributed by atoms with Crippen LogP contribution in [0.25, 0.3) is 16.9 Å². The van der Waals surface area contributed by atoms with Crippen LogP contribution < -0.4 is 0 Å². The minimum absolute atomic E-state index is 0.219. The molecule has 2 aliphatic rings. The number of piperidine rings is 2. The number of hydrogen-bond acceptors (Lipinski definition) is 4. The number of rotatable bonds is 5. The van der Waals surface area contributed by atoms with Gasteiger partial charge in [-0.15, -0.1) is 11.8 Å². The zero-order valence-corrected chi connectivity index (χ0v) is 20.8. The molecule has 0 spiro atoms. The lowest BCUT2D eigenvalue weighted by Gasteiger charge is -2.42. The van der Waals surface area contributed by atoms with E-state index in [0.29, 0.717) is 23.6 Å². The van der Waals surface area contributed by atoms with E-state index >= 15 is 4.39 Å². The number of thioether (sulfide) groups is 1. The summed E-state index contributed by atoms with van der Waals surface area (Å²) in [4.78, 5) is 11.1. The third kappa shape index (κ3) is 4.84. The molecule has 2 saturated heterocycles. The predicted octanol–water partition coefficient (Wildman–Crippen LogP) is 5.91. The summed E-state index contributed by atoms with van der Waals surface area (Å²) in [5.41, 5.74) is 3.36. The largest absolute Gasteiger partial charge is 0.304 e. The number of imidazole rings is 1. The fraction of sp³-hybridized carbons (Fsp3) is 0.519. The van der Waals surface area contributed by atoms with Gasteiger partial charge in [0.05, 0.1) is 5.69 Å². The van der Waals surface area contributed by atoms with Gasteiger partial charge >= 0.3 is 0 Å². The Morgan fingerprint density at radius 1 is 0.970 bits per heavy atom. The molecule has 5 rings (SSSR count). The highest BCUT2D eigenvalue weighted by Gasteiger charge is 2.29. The maximum Gasteiger partial charge on any atom is 0.173 e. The third-order valence-corrected chi connectivity index (χ3v) is 8.40. The number of halogens is 1. The predicted molar refractivity (Wildman–Crippen MR) is 136 cm³/mol. The average molecular weight is 467 g/mol. The second kappa shape index (κ2) is 9.77. The number of hydrogen-bond donors (Lipinski definition) is 0. The van der Waals surface area contributed by atoms with Gasteiger partial charge in [0.2, 0.25) is 0 Å². The molecule has 2 fully saturated rings. The molecule has 33 heavy (non-hydrogen) atoms. The molecule has 2 aromatic heterocycles. The molecule has 0 N–H and O–H groups in total. The minimum Gasteiger partial charge on any atom is -0.304 e. The second-order valence-electron chi connectivity index (χ2n) is 9.88. The third-order valence-electron chi connectivity index (χ3n) is 7.66. The number of aromatic nitrogens is 2. The zero-order valence-electron chi connectivity index (χ0n) is 20.0. The van der Waals surface area contributed by atoms with Crippen molar-refractivity contribution in [1.82, 2.24) is 19.2 Å². The molecular formula is C27H35FN4S. The van der Waals surface area contributed by atoms with Crippen molar-refractivity contribution >= 4 is 17.4 Å². The van der Waals surface area contributed by atoms with Crippen LogP contribution in [0, 0.1) is 5.82 Å². The Kier molecular flexibility index (Phi) is 6.77. The fourth-order valence-corrected chi connectivity index (χ4v) is 5.98. The molecule has 176 valence electrons. The van der Waals surface area contributed by atoms with E-state index in [-0.39, 0.29) is 5.82 Å². The normalized spacial score (nSPS) is 19.7. The first-order chi connectivity index (χ1) is 16.0. The number of nitrogens with zero attached hydrogens (tertiary/aromatic N) is 4. The van der Waals surface area contributed by atoms with Crippen molar-refractivity contribution in [1.29, 1.82) is 0 Å². The quantitative estimate of drug-likeness (QED) is 0.436. The summed E-state index contributed by atoms with van der Waals surface area (Å²) < 4.78 is 16.9. The lowest BCUT2D eigenvalue weighted by molar-refractivity contribution is 0.0753. The van der Waals surface area contributed by atoms with E-state index in [0.717, 1.165) is 42.8 Å². The summed E-state index contributed by atoms with van der Waals surface area (Å²) in [6, 6.07) is 11.4. The Morgan fingerprint density at radius 2 is 1.67 bits per heavy atom. The Bertz CT molecular complexity index is 1080. The van der Waals surface area contributed by atoms with Gasteiger partial charge in [0.15, 0.2) is 11.5 Å². The molecule has 2 aliphatic heterocycles. The van der Waals surface area contributed by atoms with E-state index in [1.165, 1.54) is 30.8 Å². The van der Waals surface area contributed by atoms with E-state index < -0.39 is 0 Å². The molecule has 4 heterocycles. The SMILES string of the molecule is CSc1ccc(-c2cn3cc(C4CCN(C5CCN(C(C)C)CC5)CC4)cc(F)c3n2)cc1. The molecule has 0 amide bonds. The molecule has 4 nitrogen and oxygen atoms in total. The Balaban J connectivity index is 1.27. The molecule has 6 heteroatoms. The molecule has 0 bridgehead atoms. The van der Waals surface area contributed by atoms with Gasteiger partial charge in [-0.05, 0) is 102 Å². The van der Waals surface area contributed by atoms with Crippen molar-refractivity contribution in [3.63, 3.8) is 0 Å². The average Bonchev–Trinajstić information content (AvgIpc) is 3.29. The molecule has 0 unspecified atom stereocenters. The van der Waals surface area contributed by atoms with E-state index in [2.05, 4.69) is 65.3 Å². The van der Waals surface area contributed by atoms with Crippen molar-refractivity contribution in [3.05, 3.63) is 54.1 Å². The van der Waals surface area contributed by atoms with Gasteiger partial charge in [0.1, 0.15) is 0 Å². The summed E-state index contributed by atoms with van der Waals surface area (Å²) in [6.45, 7) is 9.26. The minimum atomic E-state index is -0.219. The van der Waals surface area contributed by atoms with Crippen LogP contribution in [0.4, 0.5) is 4.39 Å². The molecule has 1 aromatic carbocycles. The van der Waals surface area contributed by atoms with Gasteiger partial charge in [0.25, 0.3) is 0 Å². The fourth-order valence-electron chi connectivity index (χ4n) is 5.57. The topological polar surface area (TPSA) is 23.8 Å². The molecule has 0 aliphatic carbocycles. The van der Waals surface area contributed by atoms with Gasteiger partial charge in [0, 0.05) is 34.9 Å². The van der Waals surface area contributed by atoms with Gasteiger partial charge in [-0.1, -0.05) is 12.1 Å². The molecule has 3 aromatic rings. The summed E-state index contributed by atoms with van der Waals surface area (Å²) in [6.07, 6.45) is 10.9. The van der Waals surface area contributed by atoms with Crippen molar-refractivity contribution < 1.29 is 4.39 Å². The molecule has 0 atom stereocenters. The van der Waals surface area contributed by atoms with Crippen LogP contribution >= 0.6 is 11.8 Å². The summed E-state index contributed by atoms with van der Waals surface area (Å²) >= 11 is 1.72. The van der Waals surface area contributed by atoms with Gasteiger partial charge in [-0.3, -0.25) is 0 Å².